The number of esters is 2. The number of carbonyl (C=O) groups excluding carboxylic acids is 2. The molecule has 0 aromatic carbocycles. The van der Waals surface area contributed by atoms with Crippen LogP contribution >= 0.6 is 24.8 Å². The Morgan fingerprint density at radius 3 is 1.55 bits per heavy atom. The standard InChI is InChI=1S/C14H12N2O4.2ClH/c17-13(11-3-1-5-15-9-11)19-7-8-20-14(18)12-4-2-6-16-10-12;;/h1-6,9-10H,7-8H2;2*1H. The monoisotopic (exact) mass is 344 g/mol. The Bertz CT molecular complexity index is 528. The number of aromatic nitrogens is 2. The number of ether oxygens (including phenoxy) is 2. The van der Waals surface area contributed by atoms with Crippen LogP contribution in [0.1, 0.15) is 20.7 Å². The summed E-state index contributed by atoms with van der Waals surface area (Å²) in [6.07, 6.45) is 5.94. The van der Waals surface area contributed by atoms with E-state index >= 15 is 0 Å². The van der Waals surface area contributed by atoms with Crippen LogP contribution in [0.5, 0.6) is 0 Å². The van der Waals surface area contributed by atoms with Crippen molar-refractivity contribution < 1.29 is 19.1 Å². The van der Waals surface area contributed by atoms with E-state index in [-0.39, 0.29) is 38.0 Å². The number of hydrogen-bond acceptors (Lipinski definition) is 6. The van der Waals surface area contributed by atoms with E-state index in [1.165, 1.54) is 12.4 Å². The Labute approximate surface area is 139 Å². The van der Waals surface area contributed by atoms with Gasteiger partial charge in [0.05, 0.1) is 11.1 Å². The molecule has 0 unspecified atom stereocenters. The fourth-order valence-corrected chi connectivity index (χ4v) is 1.40. The summed E-state index contributed by atoms with van der Waals surface area (Å²) in [6.45, 7) is -0.0283. The molecule has 2 aromatic rings. The number of pyridine rings is 2. The average molecular weight is 345 g/mol. The highest BCUT2D eigenvalue weighted by Gasteiger charge is 2.09. The molecule has 2 rings (SSSR count). The number of rotatable bonds is 5. The molecule has 0 N–H and O–H groups in total. The second-order valence-corrected chi connectivity index (χ2v) is 3.76. The second kappa shape index (κ2) is 10.5. The maximum Gasteiger partial charge on any atom is 0.339 e. The molecule has 0 atom stereocenters. The Morgan fingerprint density at radius 2 is 1.23 bits per heavy atom. The molecule has 0 radical (unpaired) electrons. The van der Waals surface area contributed by atoms with E-state index in [9.17, 15) is 9.59 Å². The van der Waals surface area contributed by atoms with Crippen molar-refractivity contribution in [2.45, 2.75) is 0 Å². The van der Waals surface area contributed by atoms with Gasteiger partial charge in [0, 0.05) is 24.8 Å². The molecular formula is C14H14Cl2N2O4. The molecule has 6 nitrogen and oxygen atoms in total. The van der Waals surface area contributed by atoms with Gasteiger partial charge in [-0.1, -0.05) is 0 Å². The van der Waals surface area contributed by atoms with Gasteiger partial charge in [0.15, 0.2) is 0 Å². The average Bonchev–Trinajstić information content (AvgIpc) is 2.53. The van der Waals surface area contributed by atoms with Crippen LogP contribution in [0.3, 0.4) is 0 Å². The van der Waals surface area contributed by atoms with Gasteiger partial charge >= 0.3 is 11.9 Å². The number of hydrogen-bond donors (Lipinski definition) is 0. The molecule has 118 valence electrons. The summed E-state index contributed by atoms with van der Waals surface area (Å²) in [4.78, 5) is 30.7. The van der Waals surface area contributed by atoms with Crippen LogP contribution in [-0.4, -0.2) is 35.1 Å². The van der Waals surface area contributed by atoms with Crippen molar-refractivity contribution in [2.75, 3.05) is 13.2 Å². The van der Waals surface area contributed by atoms with E-state index in [0.717, 1.165) is 0 Å². The van der Waals surface area contributed by atoms with Gasteiger partial charge in [-0.15, -0.1) is 24.8 Å². The Hall–Kier alpha value is -2.18. The summed E-state index contributed by atoms with van der Waals surface area (Å²) in [7, 11) is 0. The van der Waals surface area contributed by atoms with Crippen molar-refractivity contribution in [3.63, 3.8) is 0 Å². The summed E-state index contributed by atoms with van der Waals surface area (Å²) in [5.74, 6) is -1.01. The minimum Gasteiger partial charge on any atom is -0.458 e. The Morgan fingerprint density at radius 1 is 0.818 bits per heavy atom. The number of nitrogens with zero attached hydrogens (tertiary/aromatic N) is 2. The molecule has 0 aliphatic heterocycles. The first kappa shape index (κ1) is 19.8. The zero-order chi connectivity index (χ0) is 14.2. The lowest BCUT2D eigenvalue weighted by atomic mass is 10.3. The van der Waals surface area contributed by atoms with E-state index in [1.54, 1.807) is 36.7 Å². The molecule has 0 amide bonds. The lowest BCUT2D eigenvalue weighted by Gasteiger charge is -2.06. The molecule has 2 heterocycles. The third-order valence-corrected chi connectivity index (χ3v) is 2.34. The predicted molar refractivity (Wildman–Crippen MR) is 83.5 cm³/mol. The Balaban J connectivity index is 0.00000220. The van der Waals surface area contributed by atoms with Crippen LogP contribution < -0.4 is 0 Å². The van der Waals surface area contributed by atoms with E-state index in [4.69, 9.17) is 9.47 Å². The summed E-state index contributed by atoms with van der Waals surface area (Å²) in [6, 6.07) is 6.46. The van der Waals surface area contributed by atoms with Gasteiger partial charge in [-0.2, -0.15) is 0 Å². The van der Waals surface area contributed by atoms with Gasteiger partial charge in [-0.3, -0.25) is 9.97 Å². The zero-order valence-corrected chi connectivity index (χ0v) is 13.0. The third kappa shape index (κ3) is 6.07. The Kier molecular flexibility index (Phi) is 9.49. The molecule has 22 heavy (non-hydrogen) atoms. The molecule has 2 aromatic heterocycles. The lowest BCUT2D eigenvalue weighted by Crippen LogP contribution is -2.14. The minimum atomic E-state index is -0.504. The largest absolute Gasteiger partial charge is 0.458 e. The van der Waals surface area contributed by atoms with Crippen LogP contribution in [0.15, 0.2) is 49.1 Å². The fraction of sp³-hybridized carbons (Fsp3) is 0.143. The van der Waals surface area contributed by atoms with E-state index in [2.05, 4.69) is 9.97 Å². The summed E-state index contributed by atoms with van der Waals surface area (Å²) >= 11 is 0. The van der Waals surface area contributed by atoms with Gasteiger partial charge in [0.2, 0.25) is 0 Å². The van der Waals surface area contributed by atoms with Gasteiger partial charge in [-0.25, -0.2) is 9.59 Å². The lowest BCUT2D eigenvalue weighted by molar-refractivity contribution is 0.0265. The van der Waals surface area contributed by atoms with Gasteiger partial charge < -0.3 is 9.47 Å². The van der Waals surface area contributed by atoms with Gasteiger partial charge in [0.1, 0.15) is 13.2 Å². The predicted octanol–water partition coefficient (Wildman–Crippen LogP) is 2.33. The van der Waals surface area contributed by atoms with E-state index in [1.807, 2.05) is 0 Å². The van der Waals surface area contributed by atoms with Crippen LogP contribution in [0, 0.1) is 0 Å². The first-order valence-electron chi connectivity index (χ1n) is 5.91. The third-order valence-electron chi connectivity index (χ3n) is 2.34. The molecule has 8 heteroatoms. The minimum absolute atomic E-state index is 0. The van der Waals surface area contributed by atoms with Crippen LogP contribution in [0.4, 0.5) is 0 Å². The van der Waals surface area contributed by atoms with E-state index in [0.29, 0.717) is 11.1 Å². The summed E-state index contributed by atoms with van der Waals surface area (Å²) in [5, 5.41) is 0. The number of halogens is 2. The quantitative estimate of drug-likeness (QED) is 0.611. The smallest absolute Gasteiger partial charge is 0.339 e. The SMILES string of the molecule is Cl.Cl.O=C(OCCOC(=O)c1cccnc1)c1cccnc1. The summed E-state index contributed by atoms with van der Waals surface area (Å²) in [5.41, 5.74) is 0.706. The van der Waals surface area contributed by atoms with Gasteiger partial charge in [-0.05, 0) is 24.3 Å². The maximum atomic E-state index is 11.5. The second-order valence-electron chi connectivity index (χ2n) is 3.76. The molecule has 0 saturated carbocycles. The molecule has 0 aliphatic carbocycles. The normalized spacial score (nSPS) is 8.91. The maximum absolute atomic E-state index is 11.5. The van der Waals surface area contributed by atoms with Crippen molar-refractivity contribution in [1.29, 1.82) is 0 Å². The summed E-state index contributed by atoms with van der Waals surface area (Å²) < 4.78 is 9.89. The topological polar surface area (TPSA) is 78.4 Å². The first-order chi connectivity index (χ1) is 9.77. The molecule has 0 saturated heterocycles. The van der Waals surface area contributed by atoms with Crippen molar-refractivity contribution in [3.8, 4) is 0 Å². The van der Waals surface area contributed by atoms with Crippen LogP contribution in [0.2, 0.25) is 0 Å². The molecule has 0 spiro atoms. The van der Waals surface area contributed by atoms with Crippen molar-refractivity contribution >= 4 is 36.8 Å². The molecule has 0 fully saturated rings. The highest BCUT2D eigenvalue weighted by atomic mass is 35.5. The highest BCUT2D eigenvalue weighted by Crippen LogP contribution is 2.00. The first-order valence-corrected chi connectivity index (χ1v) is 5.91. The fourth-order valence-electron chi connectivity index (χ4n) is 1.40. The van der Waals surface area contributed by atoms with Crippen molar-refractivity contribution in [2.24, 2.45) is 0 Å². The van der Waals surface area contributed by atoms with Gasteiger partial charge in [0.25, 0.3) is 0 Å². The molecule has 0 bridgehead atoms. The highest BCUT2D eigenvalue weighted by molar-refractivity contribution is 5.89. The van der Waals surface area contributed by atoms with Crippen LogP contribution in [-0.2, 0) is 9.47 Å². The molecular weight excluding hydrogens is 331 g/mol. The van der Waals surface area contributed by atoms with Crippen LogP contribution in [0.25, 0.3) is 0 Å². The van der Waals surface area contributed by atoms with Crippen molar-refractivity contribution in [1.82, 2.24) is 9.97 Å². The number of carbonyl (C=O) groups is 2. The van der Waals surface area contributed by atoms with E-state index < -0.39 is 11.9 Å². The zero-order valence-electron chi connectivity index (χ0n) is 11.4. The molecule has 0 aliphatic rings. The van der Waals surface area contributed by atoms with Crippen molar-refractivity contribution in [3.05, 3.63) is 60.2 Å².